The number of aliphatic hydroxyl groups is 1. The Labute approximate surface area is 97.7 Å². The summed E-state index contributed by atoms with van der Waals surface area (Å²) in [5.41, 5.74) is 4.14. The number of benzene rings is 1. The summed E-state index contributed by atoms with van der Waals surface area (Å²) in [5, 5.41) is 12.8. The predicted octanol–water partition coefficient (Wildman–Crippen LogP) is 2.48. The van der Waals surface area contributed by atoms with Crippen LogP contribution in [0.2, 0.25) is 0 Å². The summed E-state index contributed by atoms with van der Waals surface area (Å²) in [6.45, 7) is 4.60. The molecule has 2 atom stereocenters. The van der Waals surface area contributed by atoms with Crippen LogP contribution in [0.15, 0.2) is 18.2 Å². The lowest BCUT2D eigenvalue weighted by Crippen LogP contribution is -2.39. The van der Waals surface area contributed by atoms with E-state index in [1.165, 1.54) is 29.5 Å². The Balaban J connectivity index is 2.20. The molecule has 2 unspecified atom stereocenters. The standard InChI is InChI=1S/C14H21NO/c1-10-5-3-7-13(11(10)2)14-8-4-6-12(9-16)15-14/h3,5,7,12,14-16H,4,6,8-9H2,1-2H3. The summed E-state index contributed by atoms with van der Waals surface area (Å²) in [6.07, 6.45) is 3.48. The van der Waals surface area contributed by atoms with Crippen molar-refractivity contribution in [2.45, 2.75) is 45.2 Å². The van der Waals surface area contributed by atoms with Gasteiger partial charge in [-0.15, -0.1) is 0 Å². The Kier molecular flexibility index (Phi) is 3.62. The van der Waals surface area contributed by atoms with Gasteiger partial charge in [0.2, 0.25) is 0 Å². The molecule has 0 spiro atoms. The molecule has 0 saturated carbocycles. The third-order valence-electron chi connectivity index (χ3n) is 3.72. The average molecular weight is 219 g/mol. The minimum atomic E-state index is 0.251. The summed E-state index contributed by atoms with van der Waals surface area (Å²) in [5.74, 6) is 0. The molecule has 0 amide bonds. The molecule has 16 heavy (non-hydrogen) atoms. The lowest BCUT2D eigenvalue weighted by molar-refractivity contribution is 0.198. The maximum atomic E-state index is 9.22. The highest BCUT2D eigenvalue weighted by Gasteiger charge is 2.22. The first kappa shape index (κ1) is 11.6. The van der Waals surface area contributed by atoms with Crippen molar-refractivity contribution >= 4 is 0 Å². The summed E-state index contributed by atoms with van der Waals surface area (Å²) in [7, 11) is 0. The number of rotatable bonds is 2. The molecule has 1 aromatic rings. The molecule has 0 aromatic heterocycles. The summed E-state index contributed by atoms with van der Waals surface area (Å²) in [6, 6.07) is 7.19. The fourth-order valence-electron chi connectivity index (χ4n) is 2.56. The zero-order valence-corrected chi connectivity index (χ0v) is 10.2. The molecule has 1 aliphatic rings. The monoisotopic (exact) mass is 219 g/mol. The van der Waals surface area contributed by atoms with Gasteiger partial charge >= 0.3 is 0 Å². The van der Waals surface area contributed by atoms with E-state index in [2.05, 4.69) is 37.4 Å². The summed E-state index contributed by atoms with van der Waals surface area (Å²) in [4.78, 5) is 0. The first-order valence-corrected chi connectivity index (χ1v) is 6.15. The zero-order chi connectivity index (χ0) is 11.5. The Morgan fingerprint density at radius 2 is 2.12 bits per heavy atom. The number of aliphatic hydroxyl groups excluding tert-OH is 1. The van der Waals surface area contributed by atoms with Gasteiger partial charge in [0, 0.05) is 12.1 Å². The van der Waals surface area contributed by atoms with Crippen molar-refractivity contribution in [3.63, 3.8) is 0 Å². The van der Waals surface area contributed by atoms with Crippen LogP contribution in [0.4, 0.5) is 0 Å². The van der Waals surface area contributed by atoms with Crippen molar-refractivity contribution in [2.75, 3.05) is 6.61 Å². The number of piperidine rings is 1. The van der Waals surface area contributed by atoms with Crippen molar-refractivity contribution in [1.29, 1.82) is 0 Å². The van der Waals surface area contributed by atoms with E-state index < -0.39 is 0 Å². The van der Waals surface area contributed by atoms with Gasteiger partial charge in [0.15, 0.2) is 0 Å². The molecule has 1 aliphatic heterocycles. The molecule has 88 valence electrons. The van der Waals surface area contributed by atoms with Gasteiger partial charge in [-0.25, -0.2) is 0 Å². The van der Waals surface area contributed by atoms with Crippen LogP contribution in [-0.4, -0.2) is 17.8 Å². The number of aryl methyl sites for hydroxylation is 1. The predicted molar refractivity (Wildman–Crippen MR) is 66.5 cm³/mol. The van der Waals surface area contributed by atoms with Crippen molar-refractivity contribution in [1.82, 2.24) is 5.32 Å². The van der Waals surface area contributed by atoms with Crippen molar-refractivity contribution in [2.24, 2.45) is 0 Å². The molecule has 2 nitrogen and oxygen atoms in total. The molecule has 0 bridgehead atoms. The third kappa shape index (κ3) is 2.28. The lowest BCUT2D eigenvalue weighted by Gasteiger charge is -2.31. The highest BCUT2D eigenvalue weighted by molar-refractivity contribution is 5.35. The molecule has 2 heteroatoms. The Bertz CT molecular complexity index is 362. The molecule has 2 N–H and O–H groups in total. The van der Waals surface area contributed by atoms with Gasteiger partial charge in [-0.2, -0.15) is 0 Å². The molecule has 2 rings (SSSR count). The largest absolute Gasteiger partial charge is 0.395 e. The van der Waals surface area contributed by atoms with Crippen LogP contribution < -0.4 is 5.32 Å². The van der Waals surface area contributed by atoms with Gasteiger partial charge < -0.3 is 10.4 Å². The second-order valence-corrected chi connectivity index (χ2v) is 4.82. The quantitative estimate of drug-likeness (QED) is 0.801. The van der Waals surface area contributed by atoms with E-state index in [1.807, 2.05) is 0 Å². The third-order valence-corrected chi connectivity index (χ3v) is 3.72. The smallest absolute Gasteiger partial charge is 0.0584 e. The van der Waals surface area contributed by atoms with E-state index in [4.69, 9.17) is 0 Å². The molecule has 1 aromatic carbocycles. The van der Waals surface area contributed by atoms with Crippen LogP contribution in [-0.2, 0) is 0 Å². The topological polar surface area (TPSA) is 32.3 Å². The maximum absolute atomic E-state index is 9.22. The van der Waals surface area contributed by atoms with E-state index in [0.29, 0.717) is 6.04 Å². The number of nitrogens with one attached hydrogen (secondary N) is 1. The van der Waals surface area contributed by atoms with Crippen LogP contribution in [0.1, 0.15) is 42.0 Å². The Hall–Kier alpha value is -0.860. The highest BCUT2D eigenvalue weighted by Crippen LogP contribution is 2.28. The molecule has 1 fully saturated rings. The van der Waals surface area contributed by atoms with Crippen molar-refractivity contribution in [3.05, 3.63) is 34.9 Å². The number of hydrogen-bond acceptors (Lipinski definition) is 2. The normalized spacial score (nSPS) is 25.7. The highest BCUT2D eigenvalue weighted by atomic mass is 16.3. The molecular formula is C14H21NO. The van der Waals surface area contributed by atoms with Crippen LogP contribution in [0.5, 0.6) is 0 Å². The molecule has 1 saturated heterocycles. The maximum Gasteiger partial charge on any atom is 0.0584 e. The zero-order valence-electron chi connectivity index (χ0n) is 10.2. The van der Waals surface area contributed by atoms with E-state index in [1.54, 1.807) is 0 Å². The first-order chi connectivity index (χ1) is 7.72. The van der Waals surface area contributed by atoms with Gasteiger partial charge in [0.25, 0.3) is 0 Å². The van der Waals surface area contributed by atoms with E-state index in [0.717, 1.165) is 6.42 Å². The van der Waals surface area contributed by atoms with Crippen LogP contribution in [0.25, 0.3) is 0 Å². The fraction of sp³-hybridized carbons (Fsp3) is 0.571. The summed E-state index contributed by atoms with van der Waals surface area (Å²) >= 11 is 0. The number of hydrogen-bond donors (Lipinski definition) is 2. The minimum absolute atomic E-state index is 0.251. The van der Waals surface area contributed by atoms with E-state index in [-0.39, 0.29) is 12.6 Å². The van der Waals surface area contributed by atoms with Gasteiger partial charge in [-0.3, -0.25) is 0 Å². The van der Waals surface area contributed by atoms with Crippen LogP contribution in [0.3, 0.4) is 0 Å². The second-order valence-electron chi connectivity index (χ2n) is 4.82. The van der Waals surface area contributed by atoms with Crippen LogP contribution in [0, 0.1) is 13.8 Å². The van der Waals surface area contributed by atoms with E-state index in [9.17, 15) is 5.11 Å². The first-order valence-electron chi connectivity index (χ1n) is 6.15. The minimum Gasteiger partial charge on any atom is -0.395 e. The van der Waals surface area contributed by atoms with Crippen LogP contribution >= 0.6 is 0 Å². The van der Waals surface area contributed by atoms with Gasteiger partial charge in [-0.05, 0) is 49.8 Å². The summed E-state index contributed by atoms with van der Waals surface area (Å²) < 4.78 is 0. The Morgan fingerprint density at radius 1 is 1.31 bits per heavy atom. The second kappa shape index (κ2) is 4.98. The van der Waals surface area contributed by atoms with Gasteiger partial charge in [0.1, 0.15) is 0 Å². The lowest BCUT2D eigenvalue weighted by atomic mass is 9.90. The molecule has 0 aliphatic carbocycles. The van der Waals surface area contributed by atoms with Gasteiger partial charge in [0.05, 0.1) is 6.61 Å². The SMILES string of the molecule is Cc1cccc(C2CCCC(CO)N2)c1C. The molecular weight excluding hydrogens is 198 g/mol. The van der Waals surface area contributed by atoms with Crippen molar-refractivity contribution < 1.29 is 5.11 Å². The van der Waals surface area contributed by atoms with E-state index >= 15 is 0 Å². The fourth-order valence-corrected chi connectivity index (χ4v) is 2.56. The average Bonchev–Trinajstić information content (AvgIpc) is 2.33. The Morgan fingerprint density at radius 3 is 2.88 bits per heavy atom. The molecule has 0 radical (unpaired) electrons. The van der Waals surface area contributed by atoms with Gasteiger partial charge in [-0.1, -0.05) is 18.2 Å². The van der Waals surface area contributed by atoms with Crippen molar-refractivity contribution in [3.8, 4) is 0 Å². The molecule has 1 heterocycles.